The zero-order chi connectivity index (χ0) is 15.5. The molecule has 116 valence electrons. The zero-order valence-electron chi connectivity index (χ0n) is 12.8. The first-order valence-corrected chi connectivity index (χ1v) is 9.02. The molecule has 2 aromatic rings. The molecule has 1 N–H and O–H groups in total. The van der Waals surface area contributed by atoms with Crippen LogP contribution in [0.1, 0.15) is 24.5 Å². The van der Waals surface area contributed by atoms with Crippen LogP contribution in [0.4, 0.5) is 0 Å². The molecule has 1 fully saturated rings. The summed E-state index contributed by atoms with van der Waals surface area (Å²) >= 11 is 0. The van der Waals surface area contributed by atoms with Crippen LogP contribution >= 0.6 is 0 Å². The Balaban J connectivity index is 2.13. The summed E-state index contributed by atoms with van der Waals surface area (Å²) in [6.45, 7) is 6.01. The molecule has 0 radical (unpaired) electrons. The van der Waals surface area contributed by atoms with Crippen LogP contribution in [0.5, 0.6) is 0 Å². The topological polar surface area (TPSA) is 62.3 Å². The lowest BCUT2D eigenvalue weighted by atomic mass is 9.90. The quantitative estimate of drug-likeness (QED) is 0.804. The van der Waals surface area contributed by atoms with Crippen molar-refractivity contribution in [3.8, 4) is 0 Å². The second kappa shape index (κ2) is 4.50. The number of fused-ring (bicyclic) bond motifs is 5. The number of hydrogen-bond acceptors (Lipinski definition) is 4. The molecule has 1 aromatic heterocycles. The average Bonchev–Trinajstić information content (AvgIpc) is 2.63. The molecule has 2 aliphatic rings. The van der Waals surface area contributed by atoms with Gasteiger partial charge in [0.05, 0.1) is 10.4 Å². The fourth-order valence-electron chi connectivity index (χ4n) is 3.84. The van der Waals surface area contributed by atoms with Crippen molar-refractivity contribution in [3.05, 3.63) is 35.7 Å². The molecule has 1 aromatic carbocycles. The fourth-order valence-corrected chi connectivity index (χ4v) is 6.22. The van der Waals surface area contributed by atoms with Gasteiger partial charge in [0.2, 0.25) is 10.0 Å². The van der Waals surface area contributed by atoms with Gasteiger partial charge in [-0.05, 0) is 37.9 Å². The van der Waals surface area contributed by atoms with Gasteiger partial charge in [0.25, 0.3) is 0 Å². The van der Waals surface area contributed by atoms with Crippen LogP contribution in [0.15, 0.2) is 29.4 Å². The van der Waals surface area contributed by atoms with Gasteiger partial charge in [-0.15, -0.1) is 0 Å². The minimum absolute atomic E-state index is 0.483. The number of aromatic nitrogens is 1. The van der Waals surface area contributed by atoms with Crippen molar-refractivity contribution in [3.63, 3.8) is 0 Å². The summed E-state index contributed by atoms with van der Waals surface area (Å²) in [5.41, 5.74) is 1.31. The lowest BCUT2D eigenvalue weighted by Crippen LogP contribution is -2.45. The first kappa shape index (κ1) is 14.1. The number of benzene rings is 1. The van der Waals surface area contributed by atoms with Crippen LogP contribution in [-0.4, -0.2) is 37.3 Å². The highest BCUT2D eigenvalue weighted by Crippen LogP contribution is 2.47. The lowest BCUT2D eigenvalue weighted by Gasteiger charge is -2.32. The summed E-state index contributed by atoms with van der Waals surface area (Å²) in [5, 5.41) is 5.09. The SMILES string of the molecule is Cc1cncc2ccc3c(c12)S(=O)(=O)N1CCCNC[C@@]31C. The van der Waals surface area contributed by atoms with Gasteiger partial charge in [0.1, 0.15) is 0 Å². The summed E-state index contributed by atoms with van der Waals surface area (Å²) in [6, 6.07) is 3.95. The molecule has 2 aliphatic heterocycles. The highest BCUT2D eigenvalue weighted by atomic mass is 32.2. The van der Waals surface area contributed by atoms with Crippen LogP contribution in [0, 0.1) is 6.92 Å². The van der Waals surface area contributed by atoms with E-state index < -0.39 is 15.6 Å². The molecule has 0 aliphatic carbocycles. The number of sulfonamides is 1. The molecule has 4 rings (SSSR count). The number of aryl methyl sites for hydroxylation is 1. The first-order chi connectivity index (χ1) is 10.5. The van der Waals surface area contributed by atoms with Crippen molar-refractivity contribution < 1.29 is 8.42 Å². The van der Waals surface area contributed by atoms with Gasteiger partial charge in [0, 0.05) is 36.3 Å². The van der Waals surface area contributed by atoms with Crippen LogP contribution in [0.3, 0.4) is 0 Å². The van der Waals surface area contributed by atoms with E-state index in [1.807, 2.05) is 26.0 Å². The van der Waals surface area contributed by atoms with E-state index in [2.05, 4.69) is 10.3 Å². The Hall–Kier alpha value is -1.50. The van der Waals surface area contributed by atoms with E-state index in [0.717, 1.165) is 34.9 Å². The average molecular weight is 317 g/mol. The molecule has 0 spiro atoms. The molecule has 3 heterocycles. The number of rotatable bonds is 0. The second-order valence-corrected chi connectivity index (χ2v) is 8.18. The molecule has 1 atom stereocenters. The van der Waals surface area contributed by atoms with Crippen molar-refractivity contribution in [2.45, 2.75) is 30.7 Å². The Morgan fingerprint density at radius 2 is 2.14 bits per heavy atom. The van der Waals surface area contributed by atoms with E-state index in [-0.39, 0.29) is 0 Å². The standard InChI is InChI=1S/C16H19N3O2S/c1-11-8-18-9-12-4-5-13-15(14(11)12)22(20,21)19-7-3-6-17-10-16(13,19)2/h4-5,8-9,17H,3,6-7,10H2,1-2H3/t16-/m0/s1. The summed E-state index contributed by atoms with van der Waals surface area (Å²) in [6.07, 6.45) is 4.31. The highest BCUT2D eigenvalue weighted by molar-refractivity contribution is 7.89. The number of nitrogens with one attached hydrogen (secondary N) is 1. The summed E-state index contributed by atoms with van der Waals surface area (Å²) in [7, 11) is -3.47. The van der Waals surface area contributed by atoms with Crippen molar-refractivity contribution in [1.82, 2.24) is 14.6 Å². The summed E-state index contributed by atoms with van der Waals surface area (Å²) < 4.78 is 28.1. The van der Waals surface area contributed by atoms with Crippen molar-refractivity contribution in [1.29, 1.82) is 0 Å². The van der Waals surface area contributed by atoms with Gasteiger partial charge < -0.3 is 5.32 Å². The second-order valence-electron chi connectivity index (χ2n) is 6.38. The lowest BCUT2D eigenvalue weighted by molar-refractivity contribution is 0.236. The Labute approximate surface area is 130 Å². The zero-order valence-corrected chi connectivity index (χ0v) is 13.6. The molecule has 6 heteroatoms. The molecule has 1 saturated heterocycles. The van der Waals surface area contributed by atoms with Gasteiger partial charge in [-0.25, -0.2) is 8.42 Å². The van der Waals surface area contributed by atoms with E-state index in [0.29, 0.717) is 18.0 Å². The van der Waals surface area contributed by atoms with Crippen LogP contribution < -0.4 is 5.32 Å². The fraction of sp³-hybridized carbons (Fsp3) is 0.438. The Kier molecular flexibility index (Phi) is 2.89. The van der Waals surface area contributed by atoms with Gasteiger partial charge in [-0.2, -0.15) is 4.31 Å². The smallest absolute Gasteiger partial charge is 0.244 e. The van der Waals surface area contributed by atoms with Crippen LogP contribution in [0.25, 0.3) is 10.8 Å². The van der Waals surface area contributed by atoms with Gasteiger partial charge in [0.15, 0.2) is 0 Å². The summed E-state index contributed by atoms with van der Waals surface area (Å²) in [5.74, 6) is 0. The molecule has 0 amide bonds. The van der Waals surface area contributed by atoms with Gasteiger partial charge in [-0.1, -0.05) is 12.1 Å². The van der Waals surface area contributed by atoms with Gasteiger partial charge >= 0.3 is 0 Å². The molecule has 5 nitrogen and oxygen atoms in total. The Bertz CT molecular complexity index is 878. The maximum atomic E-state index is 13.2. The van der Waals surface area contributed by atoms with Crippen molar-refractivity contribution >= 4 is 20.8 Å². The third kappa shape index (κ3) is 1.66. The van der Waals surface area contributed by atoms with Crippen molar-refractivity contribution in [2.75, 3.05) is 19.6 Å². The number of pyridine rings is 1. The number of hydrogen-bond donors (Lipinski definition) is 1. The predicted molar refractivity (Wildman–Crippen MR) is 85.2 cm³/mol. The Morgan fingerprint density at radius 3 is 2.95 bits per heavy atom. The van der Waals surface area contributed by atoms with Crippen LogP contribution in [0.2, 0.25) is 0 Å². The van der Waals surface area contributed by atoms with Crippen LogP contribution in [-0.2, 0) is 15.6 Å². The molecule has 0 bridgehead atoms. The highest BCUT2D eigenvalue weighted by Gasteiger charge is 2.52. The van der Waals surface area contributed by atoms with E-state index in [1.54, 1.807) is 16.7 Å². The van der Waals surface area contributed by atoms with Gasteiger partial charge in [-0.3, -0.25) is 4.98 Å². The minimum atomic E-state index is -3.47. The van der Waals surface area contributed by atoms with E-state index >= 15 is 0 Å². The molecule has 0 unspecified atom stereocenters. The molecular formula is C16H19N3O2S. The molecule has 22 heavy (non-hydrogen) atoms. The molecule has 0 saturated carbocycles. The maximum absolute atomic E-state index is 13.2. The Morgan fingerprint density at radius 1 is 1.32 bits per heavy atom. The third-order valence-electron chi connectivity index (χ3n) is 4.93. The van der Waals surface area contributed by atoms with E-state index in [9.17, 15) is 8.42 Å². The summed E-state index contributed by atoms with van der Waals surface area (Å²) in [4.78, 5) is 4.67. The maximum Gasteiger partial charge on any atom is 0.244 e. The predicted octanol–water partition coefficient (Wildman–Crippen LogP) is 1.76. The van der Waals surface area contributed by atoms with E-state index in [4.69, 9.17) is 0 Å². The number of nitrogens with zero attached hydrogens (tertiary/aromatic N) is 2. The first-order valence-electron chi connectivity index (χ1n) is 7.57. The van der Waals surface area contributed by atoms with Crippen molar-refractivity contribution in [2.24, 2.45) is 0 Å². The monoisotopic (exact) mass is 317 g/mol. The normalized spacial score (nSPS) is 27.4. The van der Waals surface area contributed by atoms with E-state index in [1.165, 1.54) is 0 Å². The third-order valence-corrected chi connectivity index (χ3v) is 7.03. The minimum Gasteiger partial charge on any atom is -0.314 e. The molecular weight excluding hydrogens is 298 g/mol. The largest absolute Gasteiger partial charge is 0.314 e.